The predicted molar refractivity (Wildman–Crippen MR) is 105 cm³/mol. The number of thiophene rings is 1. The second-order valence-corrected chi connectivity index (χ2v) is 7.53. The van der Waals surface area contributed by atoms with E-state index in [4.69, 9.17) is 14.6 Å². The maximum atomic E-state index is 10.4. The van der Waals surface area contributed by atoms with Gasteiger partial charge in [-0.15, -0.1) is 11.3 Å². The monoisotopic (exact) mass is 378 g/mol. The number of hydrazone groups is 1. The van der Waals surface area contributed by atoms with Crippen LogP contribution in [-0.2, 0) is 0 Å². The number of aromatic hydroxyl groups is 1. The highest BCUT2D eigenvalue weighted by Gasteiger charge is 2.41. The molecule has 27 heavy (non-hydrogen) atoms. The van der Waals surface area contributed by atoms with Gasteiger partial charge in [-0.1, -0.05) is 24.3 Å². The first kappa shape index (κ1) is 16.2. The number of hydrogen-bond acceptors (Lipinski definition) is 6. The van der Waals surface area contributed by atoms with Gasteiger partial charge in [-0.2, -0.15) is 5.10 Å². The van der Waals surface area contributed by atoms with Gasteiger partial charge in [0.25, 0.3) is 0 Å². The Labute approximate surface area is 161 Å². The summed E-state index contributed by atoms with van der Waals surface area (Å²) in [6.07, 6.45) is 0.429. The van der Waals surface area contributed by atoms with E-state index in [9.17, 15) is 5.11 Å². The van der Waals surface area contributed by atoms with E-state index in [1.165, 1.54) is 0 Å². The lowest BCUT2D eigenvalue weighted by molar-refractivity contribution is -0.0165. The van der Waals surface area contributed by atoms with Gasteiger partial charge in [0.1, 0.15) is 17.2 Å². The molecule has 0 unspecified atom stereocenters. The first-order valence-corrected chi connectivity index (χ1v) is 9.65. The predicted octanol–water partition coefficient (Wildman–Crippen LogP) is 4.70. The van der Waals surface area contributed by atoms with E-state index < -0.39 is 0 Å². The molecule has 0 spiro atoms. The van der Waals surface area contributed by atoms with Crippen LogP contribution in [0, 0.1) is 0 Å². The van der Waals surface area contributed by atoms with Crippen molar-refractivity contribution in [3.05, 3.63) is 76.0 Å². The Bertz CT molecular complexity index is 1020. The fourth-order valence-electron chi connectivity index (χ4n) is 3.69. The number of para-hydroxylation sites is 1. The van der Waals surface area contributed by atoms with Crippen molar-refractivity contribution < 1.29 is 14.6 Å². The maximum absolute atomic E-state index is 10.4. The van der Waals surface area contributed by atoms with Crippen LogP contribution in [0.1, 0.15) is 34.7 Å². The number of rotatable bonds is 3. The van der Waals surface area contributed by atoms with Crippen molar-refractivity contribution in [3.8, 4) is 17.2 Å². The third kappa shape index (κ3) is 2.64. The molecular formula is C21H18N2O3S. The molecule has 0 amide bonds. The van der Waals surface area contributed by atoms with Crippen molar-refractivity contribution >= 4 is 17.0 Å². The number of fused-ring (bicyclic) bond motifs is 3. The fourth-order valence-corrected chi connectivity index (χ4v) is 4.43. The summed E-state index contributed by atoms with van der Waals surface area (Å²) in [6.45, 7) is 0. The van der Waals surface area contributed by atoms with E-state index in [1.807, 2.05) is 40.7 Å². The first-order chi connectivity index (χ1) is 13.2. The van der Waals surface area contributed by atoms with Crippen LogP contribution in [0.5, 0.6) is 17.2 Å². The Hall–Kier alpha value is -2.99. The van der Waals surface area contributed by atoms with E-state index in [1.54, 1.807) is 30.6 Å². The average Bonchev–Trinajstić information content (AvgIpc) is 3.38. The number of ether oxygens (including phenoxy) is 2. The SMILES string of the molecule is COc1ccc(O)c(C2=NN3[C@H](C2)c2ccccc2O[C@@H]3c2cccs2)c1. The summed E-state index contributed by atoms with van der Waals surface area (Å²) >= 11 is 1.65. The molecule has 0 fully saturated rings. The zero-order chi connectivity index (χ0) is 18.4. The normalized spacial score (nSPS) is 20.5. The Kier molecular flexibility index (Phi) is 3.79. The summed E-state index contributed by atoms with van der Waals surface area (Å²) in [5, 5.41) is 19.3. The second-order valence-electron chi connectivity index (χ2n) is 6.55. The molecule has 2 aromatic carbocycles. The molecule has 2 aliphatic rings. The summed E-state index contributed by atoms with van der Waals surface area (Å²) in [7, 11) is 1.62. The van der Waals surface area contributed by atoms with Crippen LogP contribution < -0.4 is 9.47 Å². The van der Waals surface area contributed by atoms with Gasteiger partial charge in [-0.25, -0.2) is 5.01 Å². The van der Waals surface area contributed by atoms with Gasteiger partial charge >= 0.3 is 0 Å². The molecule has 5 nitrogen and oxygen atoms in total. The topological polar surface area (TPSA) is 54.3 Å². The zero-order valence-electron chi connectivity index (χ0n) is 14.7. The summed E-state index contributed by atoms with van der Waals surface area (Å²) in [5.41, 5.74) is 2.65. The minimum absolute atomic E-state index is 0.0719. The molecule has 2 aliphatic heterocycles. The van der Waals surface area contributed by atoms with E-state index in [0.29, 0.717) is 17.7 Å². The summed E-state index contributed by atoms with van der Waals surface area (Å²) in [6, 6.07) is 17.5. The molecule has 0 bridgehead atoms. The van der Waals surface area contributed by atoms with Crippen LogP contribution in [0.3, 0.4) is 0 Å². The van der Waals surface area contributed by atoms with E-state index in [-0.39, 0.29) is 18.0 Å². The largest absolute Gasteiger partial charge is 0.507 e. The van der Waals surface area contributed by atoms with E-state index in [0.717, 1.165) is 21.9 Å². The average molecular weight is 378 g/mol. The van der Waals surface area contributed by atoms with Crippen LogP contribution >= 0.6 is 11.3 Å². The fraction of sp³-hybridized carbons (Fsp3) is 0.190. The van der Waals surface area contributed by atoms with Crippen LogP contribution in [0.15, 0.2) is 65.1 Å². The molecule has 0 radical (unpaired) electrons. The molecule has 2 atom stereocenters. The molecule has 5 rings (SSSR count). The third-order valence-electron chi connectivity index (χ3n) is 5.00. The van der Waals surface area contributed by atoms with Crippen molar-refractivity contribution in [1.29, 1.82) is 0 Å². The summed E-state index contributed by atoms with van der Waals surface area (Å²) in [4.78, 5) is 1.11. The molecule has 6 heteroatoms. The lowest BCUT2D eigenvalue weighted by Crippen LogP contribution is -2.33. The van der Waals surface area contributed by atoms with Crippen molar-refractivity contribution in [3.63, 3.8) is 0 Å². The van der Waals surface area contributed by atoms with Gasteiger partial charge in [0.15, 0.2) is 0 Å². The van der Waals surface area contributed by atoms with Gasteiger partial charge in [0, 0.05) is 17.5 Å². The Morgan fingerprint density at radius 3 is 2.89 bits per heavy atom. The highest BCUT2D eigenvalue weighted by molar-refractivity contribution is 7.10. The zero-order valence-corrected chi connectivity index (χ0v) is 15.5. The Morgan fingerprint density at radius 2 is 2.07 bits per heavy atom. The minimum Gasteiger partial charge on any atom is -0.507 e. The number of methoxy groups -OCH3 is 1. The Morgan fingerprint density at radius 1 is 1.19 bits per heavy atom. The molecular weight excluding hydrogens is 360 g/mol. The van der Waals surface area contributed by atoms with Gasteiger partial charge in [-0.05, 0) is 35.7 Å². The number of phenols is 1. The highest BCUT2D eigenvalue weighted by atomic mass is 32.1. The number of hydrogen-bond donors (Lipinski definition) is 1. The molecule has 1 N–H and O–H groups in total. The molecule has 0 saturated carbocycles. The van der Waals surface area contributed by atoms with Crippen molar-refractivity contribution in [2.24, 2.45) is 5.10 Å². The van der Waals surface area contributed by atoms with E-state index >= 15 is 0 Å². The molecule has 0 saturated heterocycles. The molecule has 1 aromatic heterocycles. The minimum atomic E-state index is -0.268. The quantitative estimate of drug-likeness (QED) is 0.717. The maximum Gasteiger partial charge on any atom is 0.222 e. The Balaban J connectivity index is 1.60. The highest BCUT2D eigenvalue weighted by Crippen LogP contribution is 2.48. The summed E-state index contributed by atoms with van der Waals surface area (Å²) in [5.74, 6) is 1.79. The third-order valence-corrected chi connectivity index (χ3v) is 5.90. The molecule has 0 aliphatic carbocycles. The smallest absolute Gasteiger partial charge is 0.222 e. The lowest BCUT2D eigenvalue weighted by atomic mass is 9.96. The molecule has 3 aromatic rings. The van der Waals surface area contributed by atoms with Gasteiger partial charge in [0.2, 0.25) is 6.23 Å². The van der Waals surface area contributed by atoms with Crippen molar-refractivity contribution in [1.82, 2.24) is 5.01 Å². The van der Waals surface area contributed by atoms with Gasteiger partial charge < -0.3 is 14.6 Å². The number of benzene rings is 2. The number of phenolic OH excluding ortho intramolecular Hbond substituents is 1. The van der Waals surface area contributed by atoms with Crippen LogP contribution in [0.2, 0.25) is 0 Å². The molecule has 3 heterocycles. The number of nitrogens with zero attached hydrogens (tertiary/aromatic N) is 2. The van der Waals surface area contributed by atoms with Crippen LogP contribution in [-0.4, -0.2) is 22.9 Å². The van der Waals surface area contributed by atoms with E-state index in [2.05, 4.69) is 12.1 Å². The summed E-state index contributed by atoms with van der Waals surface area (Å²) < 4.78 is 11.6. The lowest BCUT2D eigenvalue weighted by Gasteiger charge is -2.37. The van der Waals surface area contributed by atoms with Crippen molar-refractivity contribution in [2.75, 3.05) is 7.11 Å². The van der Waals surface area contributed by atoms with Gasteiger partial charge in [0.05, 0.1) is 23.7 Å². The first-order valence-electron chi connectivity index (χ1n) is 8.77. The van der Waals surface area contributed by atoms with Crippen LogP contribution in [0.25, 0.3) is 0 Å². The van der Waals surface area contributed by atoms with Crippen molar-refractivity contribution in [2.45, 2.75) is 18.7 Å². The van der Waals surface area contributed by atoms with Crippen LogP contribution in [0.4, 0.5) is 0 Å². The van der Waals surface area contributed by atoms with Gasteiger partial charge in [-0.3, -0.25) is 0 Å². The standard InChI is InChI=1S/C21H18N2O3S/c1-25-13-8-9-18(24)15(11-13)16-12-17-14-5-2-3-6-19(14)26-21(23(17)22-16)20-7-4-10-27-20/h2-11,17,21,24H,12H2,1H3/t17-,21-/m1/s1. The molecule has 136 valence electrons. The second kappa shape index (κ2) is 6.32.